The van der Waals surface area contributed by atoms with Gasteiger partial charge in [0.25, 0.3) is 0 Å². The maximum Gasteiger partial charge on any atom is 0.234 e. The molecule has 38 heavy (non-hydrogen) atoms. The maximum atomic E-state index is 13.2. The lowest BCUT2D eigenvalue weighted by Crippen LogP contribution is -2.38. The number of nitrogens with zero attached hydrogens (tertiary/aromatic N) is 5. The topological polar surface area (TPSA) is 147 Å². The fourth-order valence-corrected chi connectivity index (χ4v) is 6.24. The van der Waals surface area contributed by atoms with Crippen LogP contribution in [-0.4, -0.2) is 39.7 Å². The molecule has 1 atom stereocenters. The number of nitrogens with two attached hydrogens (primary N) is 1. The van der Waals surface area contributed by atoms with Crippen molar-refractivity contribution in [1.29, 1.82) is 5.26 Å². The van der Waals surface area contributed by atoms with Gasteiger partial charge in [-0.25, -0.2) is 0 Å². The Kier molecular flexibility index (Phi) is 7.39. The number of anilines is 2. The second kappa shape index (κ2) is 11.0. The molecule has 3 aromatic rings. The number of nitriles is 1. The van der Waals surface area contributed by atoms with Gasteiger partial charge in [-0.1, -0.05) is 35.2 Å². The van der Waals surface area contributed by atoms with Gasteiger partial charge < -0.3 is 15.8 Å². The van der Waals surface area contributed by atoms with Crippen LogP contribution >= 0.6 is 23.1 Å². The van der Waals surface area contributed by atoms with Gasteiger partial charge >= 0.3 is 0 Å². The smallest absolute Gasteiger partial charge is 0.234 e. The Hall–Kier alpha value is -4.21. The molecular weight excluding hydrogens is 522 g/mol. The Balaban J connectivity index is 1.39. The van der Waals surface area contributed by atoms with Gasteiger partial charge in [0.1, 0.15) is 11.6 Å². The van der Waals surface area contributed by atoms with Crippen molar-refractivity contribution in [2.75, 3.05) is 23.1 Å². The molecule has 12 heteroatoms. The van der Waals surface area contributed by atoms with E-state index in [1.54, 1.807) is 54.7 Å². The number of aromatic nitrogens is 3. The van der Waals surface area contributed by atoms with Gasteiger partial charge in [-0.15, -0.1) is 10.2 Å². The normalized spacial score (nSPS) is 17.2. The first-order valence-corrected chi connectivity index (χ1v) is 13.6. The number of ketones is 1. The summed E-state index contributed by atoms with van der Waals surface area (Å²) in [5, 5.41) is 21.9. The van der Waals surface area contributed by atoms with Gasteiger partial charge in [0.15, 0.2) is 10.1 Å². The predicted molar refractivity (Wildman–Crippen MR) is 144 cm³/mol. The van der Waals surface area contributed by atoms with Crippen molar-refractivity contribution in [1.82, 2.24) is 15.2 Å². The van der Waals surface area contributed by atoms with Crippen LogP contribution in [0.4, 0.5) is 10.8 Å². The lowest BCUT2D eigenvalue weighted by molar-refractivity contribution is -0.116. The largest absolute Gasteiger partial charge is 0.497 e. The van der Waals surface area contributed by atoms with Gasteiger partial charge in [-0.05, 0) is 36.6 Å². The number of pyridine rings is 1. The van der Waals surface area contributed by atoms with Crippen LogP contribution in [0.1, 0.15) is 30.7 Å². The van der Waals surface area contributed by atoms with E-state index in [0.29, 0.717) is 45.7 Å². The number of amides is 1. The summed E-state index contributed by atoms with van der Waals surface area (Å²) >= 11 is 2.49. The summed E-state index contributed by atoms with van der Waals surface area (Å²) in [6.07, 6.45) is 5.00. The highest BCUT2D eigenvalue weighted by Crippen LogP contribution is 2.46. The third kappa shape index (κ3) is 4.98. The molecule has 10 nitrogen and oxygen atoms in total. The monoisotopic (exact) mass is 545 g/mol. The number of allylic oxidation sites excluding steroid dienone is 3. The van der Waals surface area contributed by atoms with Crippen LogP contribution in [0.5, 0.6) is 5.75 Å². The van der Waals surface area contributed by atoms with Gasteiger partial charge in [-0.2, -0.15) is 5.26 Å². The molecule has 1 aliphatic carbocycles. The molecule has 1 aliphatic heterocycles. The van der Waals surface area contributed by atoms with Crippen molar-refractivity contribution >= 4 is 45.6 Å². The van der Waals surface area contributed by atoms with Crippen molar-refractivity contribution in [2.45, 2.75) is 29.5 Å². The van der Waals surface area contributed by atoms with Gasteiger partial charge in [-0.3, -0.25) is 19.5 Å². The average Bonchev–Trinajstić information content (AvgIpc) is 3.40. The van der Waals surface area contributed by atoms with Gasteiger partial charge in [0.2, 0.25) is 11.0 Å². The molecule has 0 saturated carbocycles. The Morgan fingerprint density at radius 2 is 2.18 bits per heavy atom. The number of rotatable bonds is 7. The molecule has 2 aliphatic rings. The zero-order valence-corrected chi connectivity index (χ0v) is 22.0. The van der Waals surface area contributed by atoms with E-state index in [9.17, 15) is 14.9 Å². The number of carbonyl (C=O) groups excluding carboxylic acids is 2. The lowest BCUT2D eigenvalue weighted by atomic mass is 9.76. The number of hydrogen-bond acceptors (Lipinski definition) is 11. The maximum absolute atomic E-state index is 13.2. The van der Waals surface area contributed by atoms with E-state index in [1.807, 2.05) is 6.07 Å². The van der Waals surface area contributed by atoms with E-state index in [4.69, 9.17) is 10.5 Å². The quantitative estimate of drug-likeness (QED) is 0.418. The summed E-state index contributed by atoms with van der Waals surface area (Å²) < 4.78 is 5.75. The van der Waals surface area contributed by atoms with Crippen LogP contribution in [0.2, 0.25) is 0 Å². The zero-order chi connectivity index (χ0) is 26.6. The van der Waals surface area contributed by atoms with E-state index in [2.05, 4.69) is 26.6 Å². The first kappa shape index (κ1) is 25.4. The molecule has 1 aromatic carbocycles. The van der Waals surface area contributed by atoms with Crippen LogP contribution in [0, 0.1) is 11.3 Å². The molecule has 0 radical (unpaired) electrons. The number of nitrogens with one attached hydrogen (secondary N) is 1. The van der Waals surface area contributed by atoms with E-state index in [-0.39, 0.29) is 28.8 Å². The number of carbonyl (C=O) groups is 2. The molecule has 1 amide bonds. The Bertz CT molecular complexity index is 1490. The highest BCUT2D eigenvalue weighted by atomic mass is 32.2. The first-order valence-electron chi connectivity index (χ1n) is 11.8. The number of Topliss-reactive ketones (excluding diaryl/α,β-unsaturated/α-hetero) is 1. The summed E-state index contributed by atoms with van der Waals surface area (Å²) in [7, 11) is 1.56. The number of benzene rings is 1. The second-order valence-electron chi connectivity index (χ2n) is 8.52. The second-order valence-corrected chi connectivity index (χ2v) is 10.7. The molecular formula is C26H23N7O3S2. The van der Waals surface area contributed by atoms with Crippen LogP contribution in [0.15, 0.2) is 75.8 Å². The third-order valence-electron chi connectivity index (χ3n) is 6.20. The molecule has 3 heterocycles. The predicted octanol–water partition coefficient (Wildman–Crippen LogP) is 3.98. The molecule has 1 unspecified atom stereocenters. The number of ether oxygens (including phenoxy) is 1. The summed E-state index contributed by atoms with van der Waals surface area (Å²) in [4.78, 5) is 31.5. The SMILES string of the molecule is COc1cccc(NC(=O)CSc2nnc(N3C(N)=C(C#N)C(c4cccnc4)C4=C3CCCC4=O)s2)c1. The first-order chi connectivity index (χ1) is 18.5. The molecule has 5 rings (SSSR count). The summed E-state index contributed by atoms with van der Waals surface area (Å²) in [5.74, 6) is 0.197. The van der Waals surface area contributed by atoms with Gasteiger partial charge in [0.05, 0.1) is 30.4 Å². The number of methoxy groups -OCH3 is 1. The Morgan fingerprint density at radius 3 is 2.95 bits per heavy atom. The third-order valence-corrected chi connectivity index (χ3v) is 8.24. The standard InChI is InChI=1S/C26H23N7O3S2/c1-36-17-7-2-6-16(11-17)30-21(35)14-37-26-32-31-25(38-26)33-19-8-3-9-20(34)23(19)22(18(12-27)24(33)28)15-5-4-10-29-13-15/h2,4-7,10-11,13,22H,3,8-9,14,28H2,1H3,(H,30,35). The van der Waals surface area contributed by atoms with Crippen molar-refractivity contribution in [3.63, 3.8) is 0 Å². The molecule has 2 aromatic heterocycles. The fraction of sp³-hybridized carbons (Fsp3) is 0.231. The van der Waals surface area contributed by atoms with Crippen molar-refractivity contribution in [3.05, 3.63) is 77.0 Å². The van der Waals surface area contributed by atoms with Crippen molar-refractivity contribution in [3.8, 4) is 11.8 Å². The highest BCUT2D eigenvalue weighted by Gasteiger charge is 2.41. The highest BCUT2D eigenvalue weighted by molar-refractivity contribution is 8.01. The van der Waals surface area contributed by atoms with E-state index < -0.39 is 5.92 Å². The van der Waals surface area contributed by atoms with Crippen LogP contribution in [-0.2, 0) is 9.59 Å². The molecule has 0 spiro atoms. The Labute approximate surface area is 227 Å². The van der Waals surface area contributed by atoms with Crippen LogP contribution in [0.3, 0.4) is 0 Å². The minimum Gasteiger partial charge on any atom is -0.497 e. The summed E-state index contributed by atoms with van der Waals surface area (Å²) in [6, 6.07) is 13.0. The van der Waals surface area contributed by atoms with Crippen molar-refractivity contribution < 1.29 is 14.3 Å². The van der Waals surface area contributed by atoms with Gasteiger partial charge in [0, 0.05) is 41.8 Å². The minimum absolute atomic E-state index is 0.0151. The van der Waals surface area contributed by atoms with Crippen LogP contribution in [0.25, 0.3) is 0 Å². The average molecular weight is 546 g/mol. The zero-order valence-electron chi connectivity index (χ0n) is 20.4. The number of thioether (sulfide) groups is 1. The van der Waals surface area contributed by atoms with E-state index in [1.165, 1.54) is 23.1 Å². The van der Waals surface area contributed by atoms with E-state index in [0.717, 1.165) is 11.3 Å². The van der Waals surface area contributed by atoms with E-state index >= 15 is 0 Å². The minimum atomic E-state index is -0.574. The molecule has 3 N–H and O–H groups in total. The lowest BCUT2D eigenvalue weighted by Gasteiger charge is -2.37. The fourth-order valence-electron chi connectivity index (χ4n) is 4.56. The molecule has 0 fully saturated rings. The molecule has 0 bridgehead atoms. The molecule has 192 valence electrons. The Morgan fingerprint density at radius 1 is 1.32 bits per heavy atom. The molecule has 0 saturated heterocycles. The summed E-state index contributed by atoms with van der Waals surface area (Å²) in [5.41, 5.74) is 9.49. The summed E-state index contributed by atoms with van der Waals surface area (Å²) in [6.45, 7) is 0. The van der Waals surface area contributed by atoms with Crippen LogP contribution < -0.4 is 20.7 Å². The number of hydrogen-bond donors (Lipinski definition) is 2. The van der Waals surface area contributed by atoms with Crippen molar-refractivity contribution in [2.24, 2.45) is 5.73 Å².